The lowest BCUT2D eigenvalue weighted by atomic mass is 10.2. The Balaban J connectivity index is 2.44. The first-order valence-electron chi connectivity index (χ1n) is 5.82. The highest BCUT2D eigenvalue weighted by Gasteiger charge is 2.34. The number of carbonyl (C=O) groups is 1. The summed E-state index contributed by atoms with van der Waals surface area (Å²) in [7, 11) is -3.33. The fraction of sp³-hybridized carbons (Fsp3) is 0.417. The monoisotopic (exact) mass is 347 g/mol. The summed E-state index contributed by atoms with van der Waals surface area (Å²) in [6.45, 7) is 2.28. The van der Waals surface area contributed by atoms with Gasteiger partial charge >= 0.3 is 5.97 Å². The minimum Gasteiger partial charge on any atom is -0.481 e. The molecule has 1 aromatic rings. The van der Waals surface area contributed by atoms with E-state index in [9.17, 15) is 13.2 Å². The number of halogens is 1. The van der Waals surface area contributed by atoms with Crippen LogP contribution in [-0.4, -0.2) is 37.8 Å². The average molecular weight is 348 g/mol. The van der Waals surface area contributed by atoms with Crippen LogP contribution < -0.4 is 4.90 Å². The van der Waals surface area contributed by atoms with Crippen LogP contribution >= 0.6 is 15.9 Å². The van der Waals surface area contributed by atoms with E-state index in [0.717, 1.165) is 0 Å². The summed E-state index contributed by atoms with van der Waals surface area (Å²) in [5.41, 5.74) is 0.586. The number of rotatable bonds is 3. The van der Waals surface area contributed by atoms with Crippen LogP contribution in [0, 0.1) is 0 Å². The number of hydrogen-bond donors (Lipinski definition) is 1. The Morgan fingerprint density at radius 2 is 2.21 bits per heavy atom. The molecule has 0 saturated carbocycles. The first-order valence-corrected chi connectivity index (χ1v) is 8.16. The van der Waals surface area contributed by atoms with E-state index < -0.39 is 21.1 Å². The summed E-state index contributed by atoms with van der Waals surface area (Å²) in [6, 6.07) is 5.05. The van der Waals surface area contributed by atoms with Gasteiger partial charge in [0.25, 0.3) is 0 Å². The maximum absolute atomic E-state index is 12.3. The van der Waals surface area contributed by atoms with Gasteiger partial charge in [-0.2, -0.15) is 0 Å². The van der Waals surface area contributed by atoms with Gasteiger partial charge in [0.1, 0.15) is 0 Å². The molecule has 0 radical (unpaired) electrons. The topological polar surface area (TPSA) is 74.7 Å². The molecule has 0 fully saturated rings. The Morgan fingerprint density at radius 1 is 1.53 bits per heavy atom. The Hall–Kier alpha value is -1.08. The maximum Gasteiger partial charge on any atom is 0.305 e. The lowest BCUT2D eigenvalue weighted by molar-refractivity contribution is -0.136. The van der Waals surface area contributed by atoms with Gasteiger partial charge in [-0.05, 0) is 25.1 Å². The predicted octanol–water partition coefficient (Wildman–Crippen LogP) is 1.91. The molecule has 0 bridgehead atoms. The highest BCUT2D eigenvalue weighted by molar-refractivity contribution is 9.10. The average Bonchev–Trinajstić information content (AvgIpc) is 2.32. The highest BCUT2D eigenvalue weighted by Crippen LogP contribution is 2.35. The molecule has 0 aromatic heterocycles. The molecule has 2 rings (SSSR count). The lowest BCUT2D eigenvalue weighted by Crippen LogP contribution is -2.41. The molecule has 1 aromatic carbocycles. The zero-order valence-corrected chi connectivity index (χ0v) is 12.7. The van der Waals surface area contributed by atoms with Crippen molar-refractivity contribution in [3.63, 3.8) is 0 Å². The largest absolute Gasteiger partial charge is 0.481 e. The van der Waals surface area contributed by atoms with Crippen molar-refractivity contribution in [1.82, 2.24) is 0 Å². The quantitative estimate of drug-likeness (QED) is 0.903. The summed E-state index contributed by atoms with van der Waals surface area (Å²) in [4.78, 5) is 12.8. The number of fused-ring (bicyclic) bond motifs is 1. The Labute approximate surface area is 120 Å². The van der Waals surface area contributed by atoms with Crippen molar-refractivity contribution in [2.45, 2.75) is 23.5 Å². The summed E-state index contributed by atoms with van der Waals surface area (Å²) in [6.07, 6.45) is -0.0116. The predicted molar refractivity (Wildman–Crippen MR) is 75.3 cm³/mol. The molecule has 0 spiro atoms. The molecule has 1 atom stereocenters. The molecule has 7 heteroatoms. The van der Waals surface area contributed by atoms with Crippen LogP contribution in [0.25, 0.3) is 0 Å². The second-order valence-electron chi connectivity index (χ2n) is 4.56. The van der Waals surface area contributed by atoms with Crippen LogP contribution in [-0.2, 0) is 14.6 Å². The third kappa shape index (κ3) is 2.76. The maximum atomic E-state index is 12.3. The normalized spacial score (nSPS) is 20.9. The Morgan fingerprint density at radius 3 is 2.84 bits per heavy atom. The number of carboxylic acid groups (broad SMARTS) is 1. The van der Waals surface area contributed by atoms with E-state index in [1.807, 2.05) is 4.90 Å². The summed E-state index contributed by atoms with van der Waals surface area (Å²) < 4.78 is 25.2. The molecule has 1 N–H and O–H groups in total. The molecule has 1 aliphatic rings. The zero-order valence-electron chi connectivity index (χ0n) is 10.3. The fourth-order valence-corrected chi connectivity index (χ4v) is 4.25. The molecule has 0 saturated heterocycles. The molecule has 0 amide bonds. The van der Waals surface area contributed by atoms with Crippen molar-refractivity contribution in [2.75, 3.05) is 18.0 Å². The number of sulfone groups is 1. The van der Waals surface area contributed by atoms with E-state index in [1.54, 1.807) is 25.1 Å². The third-order valence-corrected chi connectivity index (χ3v) is 5.81. The van der Waals surface area contributed by atoms with Gasteiger partial charge in [0.15, 0.2) is 9.84 Å². The van der Waals surface area contributed by atoms with Crippen molar-refractivity contribution in [3.8, 4) is 0 Å². The molecule has 1 aliphatic heterocycles. The Kier molecular flexibility index (Phi) is 3.87. The molecule has 5 nitrogen and oxygen atoms in total. The van der Waals surface area contributed by atoms with Gasteiger partial charge < -0.3 is 10.0 Å². The molecular formula is C12H14BrNO4S. The fourth-order valence-electron chi connectivity index (χ4n) is 2.14. The van der Waals surface area contributed by atoms with Gasteiger partial charge in [-0.1, -0.05) is 15.9 Å². The van der Waals surface area contributed by atoms with Gasteiger partial charge in [-0.15, -0.1) is 0 Å². The van der Waals surface area contributed by atoms with Gasteiger partial charge in [0.05, 0.1) is 22.3 Å². The van der Waals surface area contributed by atoms with E-state index in [1.165, 1.54) is 0 Å². The number of anilines is 1. The van der Waals surface area contributed by atoms with Crippen molar-refractivity contribution >= 4 is 37.4 Å². The van der Waals surface area contributed by atoms with E-state index in [-0.39, 0.29) is 11.3 Å². The van der Waals surface area contributed by atoms with Gasteiger partial charge in [-0.3, -0.25) is 4.79 Å². The molecule has 1 unspecified atom stereocenters. The summed E-state index contributed by atoms with van der Waals surface area (Å²) >= 11 is 3.27. The second kappa shape index (κ2) is 5.13. The Bertz CT molecular complexity index is 614. The van der Waals surface area contributed by atoms with E-state index in [2.05, 4.69) is 15.9 Å². The molecule has 1 heterocycles. The number of aliphatic carboxylic acids is 1. The zero-order chi connectivity index (χ0) is 14.2. The first kappa shape index (κ1) is 14.3. The second-order valence-corrected chi connectivity index (χ2v) is 7.81. The van der Waals surface area contributed by atoms with Gasteiger partial charge in [-0.25, -0.2) is 8.42 Å². The third-order valence-electron chi connectivity index (χ3n) is 3.17. The number of benzene rings is 1. The first-order chi connectivity index (χ1) is 8.82. The lowest BCUT2D eigenvalue weighted by Gasteiger charge is -2.34. The molecular weight excluding hydrogens is 334 g/mol. The SMILES string of the molecule is CC1CN(CCC(=O)O)c2ccc(Br)cc2S1(=O)=O. The van der Waals surface area contributed by atoms with Crippen LogP contribution in [0.1, 0.15) is 13.3 Å². The van der Waals surface area contributed by atoms with Crippen molar-refractivity contribution < 1.29 is 18.3 Å². The smallest absolute Gasteiger partial charge is 0.305 e. The van der Waals surface area contributed by atoms with Gasteiger partial charge in [0.2, 0.25) is 0 Å². The van der Waals surface area contributed by atoms with Crippen LogP contribution in [0.3, 0.4) is 0 Å². The van der Waals surface area contributed by atoms with Crippen LogP contribution in [0.15, 0.2) is 27.6 Å². The van der Waals surface area contributed by atoms with Crippen LogP contribution in [0.5, 0.6) is 0 Å². The minimum atomic E-state index is -3.33. The highest BCUT2D eigenvalue weighted by atomic mass is 79.9. The van der Waals surface area contributed by atoms with E-state index >= 15 is 0 Å². The molecule has 0 aliphatic carbocycles. The van der Waals surface area contributed by atoms with Crippen molar-refractivity contribution in [2.24, 2.45) is 0 Å². The van der Waals surface area contributed by atoms with Gasteiger partial charge in [0, 0.05) is 17.6 Å². The van der Waals surface area contributed by atoms with E-state index in [4.69, 9.17) is 5.11 Å². The van der Waals surface area contributed by atoms with Crippen molar-refractivity contribution in [3.05, 3.63) is 22.7 Å². The van der Waals surface area contributed by atoms with Crippen LogP contribution in [0.4, 0.5) is 5.69 Å². The van der Waals surface area contributed by atoms with Crippen LogP contribution in [0.2, 0.25) is 0 Å². The molecule has 19 heavy (non-hydrogen) atoms. The molecule has 104 valence electrons. The minimum absolute atomic E-state index is 0.0116. The summed E-state index contributed by atoms with van der Waals surface area (Å²) in [5.74, 6) is -0.889. The number of nitrogens with zero attached hydrogens (tertiary/aromatic N) is 1. The number of hydrogen-bond acceptors (Lipinski definition) is 4. The standard InChI is InChI=1S/C12H14BrNO4S/c1-8-7-14(5-4-12(15)16)10-3-2-9(13)6-11(10)19(8,17)18/h2-3,6,8H,4-5,7H2,1H3,(H,15,16). The number of carboxylic acids is 1. The summed E-state index contributed by atoms with van der Waals surface area (Å²) in [5, 5.41) is 8.21. The van der Waals surface area contributed by atoms with E-state index in [0.29, 0.717) is 23.2 Å². The van der Waals surface area contributed by atoms with Crippen molar-refractivity contribution in [1.29, 1.82) is 0 Å².